The number of nitrogens with two attached hydrogens (primary N) is 1. The van der Waals surface area contributed by atoms with Gasteiger partial charge in [-0.3, -0.25) is 4.98 Å². The van der Waals surface area contributed by atoms with Crippen molar-refractivity contribution in [2.45, 2.75) is 32.7 Å². The molecule has 0 saturated heterocycles. The fourth-order valence-corrected chi connectivity index (χ4v) is 2.39. The van der Waals surface area contributed by atoms with Crippen molar-refractivity contribution in [2.75, 3.05) is 12.3 Å². The summed E-state index contributed by atoms with van der Waals surface area (Å²) >= 11 is 0. The maximum absolute atomic E-state index is 6.01. The number of nitrogens with one attached hydrogen (secondary N) is 1. The second-order valence-electron chi connectivity index (χ2n) is 5.22. The number of nitrogen functional groups attached to an aromatic ring is 1. The van der Waals surface area contributed by atoms with E-state index in [1.807, 2.05) is 12.3 Å². The largest absolute Gasteiger partial charge is 0.398 e. The molecule has 20 heavy (non-hydrogen) atoms. The first-order valence-electron chi connectivity index (χ1n) is 7.16. The smallest absolute Gasteiger partial charge is 0.0378 e. The highest BCUT2D eigenvalue weighted by Gasteiger charge is 2.11. The summed E-state index contributed by atoms with van der Waals surface area (Å²) in [5, 5.41) is 3.54. The lowest BCUT2D eigenvalue weighted by molar-refractivity contribution is 0.521. The molecule has 0 spiro atoms. The van der Waals surface area contributed by atoms with E-state index in [0.717, 1.165) is 30.6 Å². The lowest BCUT2D eigenvalue weighted by Gasteiger charge is -2.19. The van der Waals surface area contributed by atoms with Gasteiger partial charge in [-0.15, -0.1) is 0 Å². The van der Waals surface area contributed by atoms with E-state index in [9.17, 15) is 0 Å². The molecule has 1 aromatic heterocycles. The van der Waals surface area contributed by atoms with Crippen molar-refractivity contribution in [1.29, 1.82) is 0 Å². The van der Waals surface area contributed by atoms with Crippen molar-refractivity contribution >= 4 is 5.69 Å². The molecule has 0 aliphatic rings. The molecule has 1 heterocycles. The van der Waals surface area contributed by atoms with E-state index in [0.29, 0.717) is 6.04 Å². The van der Waals surface area contributed by atoms with Gasteiger partial charge in [0.1, 0.15) is 0 Å². The molecule has 1 unspecified atom stereocenters. The number of aromatic nitrogens is 1. The Kier molecular flexibility index (Phi) is 5.13. The number of benzene rings is 1. The van der Waals surface area contributed by atoms with Crippen molar-refractivity contribution in [2.24, 2.45) is 0 Å². The zero-order chi connectivity index (χ0) is 14.4. The first-order chi connectivity index (χ1) is 9.69. The zero-order valence-corrected chi connectivity index (χ0v) is 12.3. The van der Waals surface area contributed by atoms with Crippen molar-refractivity contribution in [1.82, 2.24) is 10.3 Å². The van der Waals surface area contributed by atoms with Gasteiger partial charge in [0.05, 0.1) is 0 Å². The predicted molar refractivity (Wildman–Crippen MR) is 84.7 cm³/mol. The van der Waals surface area contributed by atoms with Crippen LogP contribution in [0.5, 0.6) is 0 Å². The number of likely N-dealkylation sites (N-methyl/N-ethyl adjacent to an activating group) is 1. The maximum Gasteiger partial charge on any atom is 0.0378 e. The lowest BCUT2D eigenvalue weighted by Crippen LogP contribution is -2.33. The number of hydrogen-bond acceptors (Lipinski definition) is 3. The van der Waals surface area contributed by atoms with Gasteiger partial charge >= 0.3 is 0 Å². The minimum atomic E-state index is 0.384. The highest BCUT2D eigenvalue weighted by atomic mass is 14.9. The standard InChI is InChI=1S/C17H23N3/c1-3-20-16(10-14-6-4-13(2)5-7-14)11-15-12-19-9-8-17(15)18/h4-9,12,16,20H,3,10-11H2,1-2H3,(H2,18,19). The van der Waals surface area contributed by atoms with Crippen LogP contribution in [0.1, 0.15) is 23.6 Å². The normalized spacial score (nSPS) is 12.3. The van der Waals surface area contributed by atoms with Gasteiger partial charge in [0.15, 0.2) is 0 Å². The van der Waals surface area contributed by atoms with Gasteiger partial charge in [-0.25, -0.2) is 0 Å². The minimum Gasteiger partial charge on any atom is -0.398 e. The Morgan fingerprint density at radius 2 is 1.90 bits per heavy atom. The summed E-state index contributed by atoms with van der Waals surface area (Å²) in [6.45, 7) is 5.20. The number of pyridine rings is 1. The highest BCUT2D eigenvalue weighted by molar-refractivity contribution is 5.44. The van der Waals surface area contributed by atoms with Crippen molar-refractivity contribution in [3.05, 3.63) is 59.4 Å². The van der Waals surface area contributed by atoms with Crippen LogP contribution in [0.25, 0.3) is 0 Å². The van der Waals surface area contributed by atoms with Crippen LogP contribution < -0.4 is 11.1 Å². The average molecular weight is 269 g/mol. The molecule has 0 fully saturated rings. The Balaban J connectivity index is 2.07. The molecular formula is C17H23N3. The Morgan fingerprint density at radius 3 is 2.55 bits per heavy atom. The van der Waals surface area contributed by atoms with Crippen LogP contribution in [0, 0.1) is 6.92 Å². The molecule has 0 bridgehead atoms. The summed E-state index contributed by atoms with van der Waals surface area (Å²) in [6, 6.07) is 11.0. The van der Waals surface area contributed by atoms with Crippen LogP contribution in [0.2, 0.25) is 0 Å². The fraction of sp³-hybridized carbons (Fsp3) is 0.353. The summed E-state index contributed by atoms with van der Waals surface area (Å²) in [5.41, 5.74) is 10.6. The van der Waals surface area contributed by atoms with E-state index in [4.69, 9.17) is 5.73 Å². The van der Waals surface area contributed by atoms with Gasteiger partial charge in [-0.05, 0) is 43.5 Å². The first kappa shape index (κ1) is 14.5. The molecule has 1 atom stereocenters. The Morgan fingerprint density at radius 1 is 1.15 bits per heavy atom. The van der Waals surface area contributed by atoms with E-state index < -0.39 is 0 Å². The maximum atomic E-state index is 6.01. The summed E-state index contributed by atoms with van der Waals surface area (Å²) in [7, 11) is 0. The molecule has 0 amide bonds. The molecule has 2 aromatic rings. The molecule has 2 rings (SSSR count). The van der Waals surface area contributed by atoms with Gasteiger partial charge < -0.3 is 11.1 Å². The molecule has 0 radical (unpaired) electrons. The first-order valence-corrected chi connectivity index (χ1v) is 7.16. The zero-order valence-electron chi connectivity index (χ0n) is 12.3. The van der Waals surface area contributed by atoms with E-state index in [2.05, 4.69) is 48.4 Å². The number of rotatable bonds is 6. The predicted octanol–water partition coefficient (Wildman–Crippen LogP) is 2.74. The topological polar surface area (TPSA) is 50.9 Å². The van der Waals surface area contributed by atoms with Gasteiger partial charge in [-0.2, -0.15) is 0 Å². The lowest BCUT2D eigenvalue weighted by atomic mass is 9.98. The second kappa shape index (κ2) is 7.06. The second-order valence-corrected chi connectivity index (χ2v) is 5.22. The third-order valence-electron chi connectivity index (χ3n) is 3.50. The molecule has 3 nitrogen and oxygen atoms in total. The van der Waals surface area contributed by atoms with Crippen LogP contribution >= 0.6 is 0 Å². The van der Waals surface area contributed by atoms with Gasteiger partial charge in [0.2, 0.25) is 0 Å². The molecule has 0 aliphatic carbocycles. The summed E-state index contributed by atoms with van der Waals surface area (Å²) in [6.07, 6.45) is 5.51. The minimum absolute atomic E-state index is 0.384. The molecule has 3 heteroatoms. The van der Waals surface area contributed by atoms with E-state index >= 15 is 0 Å². The third-order valence-corrected chi connectivity index (χ3v) is 3.50. The number of hydrogen-bond donors (Lipinski definition) is 2. The Bertz CT molecular complexity index is 534. The van der Waals surface area contributed by atoms with E-state index in [1.54, 1.807) is 6.20 Å². The molecule has 1 aromatic carbocycles. The molecule has 0 saturated carbocycles. The Hall–Kier alpha value is -1.87. The highest BCUT2D eigenvalue weighted by Crippen LogP contribution is 2.14. The quantitative estimate of drug-likeness (QED) is 0.848. The van der Waals surface area contributed by atoms with Crippen molar-refractivity contribution < 1.29 is 0 Å². The number of anilines is 1. The van der Waals surface area contributed by atoms with Crippen LogP contribution in [-0.4, -0.2) is 17.6 Å². The summed E-state index contributed by atoms with van der Waals surface area (Å²) < 4.78 is 0. The van der Waals surface area contributed by atoms with Gasteiger partial charge in [0.25, 0.3) is 0 Å². The van der Waals surface area contributed by atoms with E-state index in [-0.39, 0.29) is 0 Å². The van der Waals surface area contributed by atoms with Crippen LogP contribution in [-0.2, 0) is 12.8 Å². The number of aryl methyl sites for hydroxylation is 1. The van der Waals surface area contributed by atoms with E-state index in [1.165, 1.54) is 11.1 Å². The fourth-order valence-electron chi connectivity index (χ4n) is 2.39. The van der Waals surface area contributed by atoms with Crippen molar-refractivity contribution in [3.8, 4) is 0 Å². The number of nitrogens with zero attached hydrogens (tertiary/aromatic N) is 1. The van der Waals surface area contributed by atoms with Crippen LogP contribution in [0.15, 0.2) is 42.7 Å². The SMILES string of the molecule is CCNC(Cc1ccc(C)cc1)Cc1cnccc1N. The monoisotopic (exact) mass is 269 g/mol. The Labute approximate surface area is 121 Å². The molecule has 0 aliphatic heterocycles. The molecule has 3 N–H and O–H groups in total. The van der Waals surface area contributed by atoms with Crippen molar-refractivity contribution in [3.63, 3.8) is 0 Å². The average Bonchev–Trinajstić information content (AvgIpc) is 2.44. The summed E-state index contributed by atoms with van der Waals surface area (Å²) in [4.78, 5) is 4.17. The van der Waals surface area contributed by atoms with Gasteiger partial charge in [-0.1, -0.05) is 36.8 Å². The van der Waals surface area contributed by atoms with Crippen LogP contribution in [0.3, 0.4) is 0 Å². The summed E-state index contributed by atoms with van der Waals surface area (Å²) in [5.74, 6) is 0. The third kappa shape index (κ3) is 4.07. The molecular weight excluding hydrogens is 246 g/mol. The van der Waals surface area contributed by atoms with Gasteiger partial charge in [0, 0.05) is 24.1 Å². The molecule has 106 valence electrons. The van der Waals surface area contributed by atoms with Crippen LogP contribution in [0.4, 0.5) is 5.69 Å².